The molecule has 1 atom stereocenters. The number of benzene rings is 1. The molecule has 0 aliphatic carbocycles. The first-order valence-electron chi connectivity index (χ1n) is 9.51. The van der Waals surface area contributed by atoms with Gasteiger partial charge in [0.2, 0.25) is 5.91 Å². The number of hydrogen-bond acceptors (Lipinski definition) is 4. The van der Waals surface area contributed by atoms with Gasteiger partial charge in [-0.15, -0.1) is 0 Å². The molecule has 3 heterocycles. The van der Waals surface area contributed by atoms with Crippen LogP contribution in [0.15, 0.2) is 23.1 Å². The van der Waals surface area contributed by atoms with Crippen molar-refractivity contribution in [3.05, 3.63) is 51.7 Å². The number of allylic oxidation sites excluding steroid dienone is 1. The first-order valence-corrected chi connectivity index (χ1v) is 9.51. The van der Waals surface area contributed by atoms with Crippen LogP contribution in [-0.2, 0) is 22.6 Å². The Kier molecular flexibility index (Phi) is 4.92. The van der Waals surface area contributed by atoms with Gasteiger partial charge in [-0.25, -0.2) is 18.4 Å². The van der Waals surface area contributed by atoms with Crippen molar-refractivity contribution in [2.75, 3.05) is 18.0 Å². The van der Waals surface area contributed by atoms with Crippen LogP contribution in [0.25, 0.3) is 11.6 Å². The second kappa shape index (κ2) is 7.43. The fourth-order valence-corrected chi connectivity index (χ4v) is 3.72. The smallest absolute Gasteiger partial charge is 0.414 e. The van der Waals surface area contributed by atoms with Gasteiger partial charge in [-0.3, -0.25) is 18.8 Å². The summed E-state index contributed by atoms with van der Waals surface area (Å²) in [5.74, 6) is -1.95. The predicted octanol–water partition coefficient (Wildman–Crippen LogP) is 1.96. The molecule has 0 bridgehead atoms. The van der Waals surface area contributed by atoms with Crippen molar-refractivity contribution in [2.24, 2.45) is 0 Å². The lowest BCUT2D eigenvalue weighted by Gasteiger charge is -2.15. The number of hydrogen-bond donors (Lipinski definition) is 1. The Bertz CT molecular complexity index is 1110. The molecule has 8 nitrogen and oxygen atoms in total. The molecule has 1 N–H and O–H groups in total. The van der Waals surface area contributed by atoms with Crippen molar-refractivity contribution in [2.45, 2.75) is 33.0 Å². The summed E-state index contributed by atoms with van der Waals surface area (Å²) >= 11 is 0. The molecule has 1 fully saturated rings. The van der Waals surface area contributed by atoms with Crippen LogP contribution in [0, 0.1) is 11.6 Å². The second-order valence-electron chi connectivity index (χ2n) is 7.22. The average Bonchev–Trinajstić information content (AvgIpc) is 3.33. The van der Waals surface area contributed by atoms with Crippen molar-refractivity contribution in [3.8, 4) is 0 Å². The number of cyclic esters (lactones) is 1. The van der Waals surface area contributed by atoms with Gasteiger partial charge in [-0.05, 0) is 30.7 Å². The molecule has 2 aromatic rings. The molecule has 10 heteroatoms. The maximum atomic E-state index is 14.9. The highest BCUT2D eigenvalue weighted by atomic mass is 19.1. The van der Waals surface area contributed by atoms with E-state index >= 15 is 0 Å². The summed E-state index contributed by atoms with van der Waals surface area (Å²) in [6, 6.07) is 2.14. The van der Waals surface area contributed by atoms with Crippen molar-refractivity contribution in [1.82, 2.24) is 14.5 Å². The van der Waals surface area contributed by atoms with E-state index in [0.29, 0.717) is 17.8 Å². The topological polar surface area (TPSA) is 85.6 Å². The van der Waals surface area contributed by atoms with Crippen LogP contribution in [-0.4, -0.2) is 40.3 Å². The lowest BCUT2D eigenvalue weighted by Crippen LogP contribution is -2.33. The molecular formula is C20H20F2N4O4. The van der Waals surface area contributed by atoms with Gasteiger partial charge in [0.25, 0.3) is 0 Å². The molecule has 30 heavy (non-hydrogen) atoms. The van der Waals surface area contributed by atoms with Crippen LogP contribution in [0.4, 0.5) is 19.3 Å². The van der Waals surface area contributed by atoms with Gasteiger partial charge in [-0.2, -0.15) is 0 Å². The van der Waals surface area contributed by atoms with Gasteiger partial charge in [-0.1, -0.05) is 0 Å². The van der Waals surface area contributed by atoms with Gasteiger partial charge in [0.15, 0.2) is 0 Å². The molecule has 0 radical (unpaired) electrons. The SMILES string of the molecule is CCn1cc2n(c1=O)CC(c1c(F)cc(N3C[C@H](CNC(C)=O)OC3=O)cc1F)=C2. The van der Waals surface area contributed by atoms with Crippen molar-refractivity contribution in [1.29, 1.82) is 0 Å². The fraction of sp³-hybridized carbons (Fsp3) is 0.350. The fourth-order valence-electron chi connectivity index (χ4n) is 3.72. The second-order valence-corrected chi connectivity index (χ2v) is 7.22. The van der Waals surface area contributed by atoms with E-state index in [1.165, 1.54) is 16.1 Å². The molecule has 0 saturated carbocycles. The third-order valence-corrected chi connectivity index (χ3v) is 5.18. The highest BCUT2D eigenvalue weighted by Crippen LogP contribution is 2.33. The molecule has 1 saturated heterocycles. The summed E-state index contributed by atoms with van der Waals surface area (Å²) < 4.78 is 37.8. The number of rotatable bonds is 5. The number of aryl methyl sites for hydroxylation is 1. The number of nitrogens with zero attached hydrogens (tertiary/aromatic N) is 3. The van der Waals surface area contributed by atoms with Crippen LogP contribution >= 0.6 is 0 Å². The third kappa shape index (κ3) is 3.38. The summed E-state index contributed by atoms with van der Waals surface area (Å²) in [6.45, 7) is 3.92. The maximum absolute atomic E-state index is 14.9. The highest BCUT2D eigenvalue weighted by molar-refractivity contribution is 5.91. The Hall–Kier alpha value is -3.43. The highest BCUT2D eigenvalue weighted by Gasteiger charge is 2.34. The molecule has 2 amide bonds. The van der Waals surface area contributed by atoms with Crippen LogP contribution in [0.3, 0.4) is 0 Å². The van der Waals surface area contributed by atoms with Crippen LogP contribution in [0.5, 0.6) is 0 Å². The lowest BCUT2D eigenvalue weighted by atomic mass is 10.0. The summed E-state index contributed by atoms with van der Waals surface area (Å²) in [4.78, 5) is 36.5. The van der Waals surface area contributed by atoms with Gasteiger partial charge < -0.3 is 10.1 Å². The van der Waals surface area contributed by atoms with E-state index < -0.39 is 23.8 Å². The Morgan fingerprint density at radius 2 is 1.97 bits per heavy atom. The molecule has 4 rings (SSSR count). The number of anilines is 1. The normalized spacial score (nSPS) is 17.7. The number of ether oxygens (including phenoxy) is 1. The molecule has 2 aliphatic rings. The van der Waals surface area contributed by atoms with Crippen molar-refractivity contribution < 1.29 is 23.1 Å². The molecule has 158 valence electrons. The zero-order valence-corrected chi connectivity index (χ0v) is 16.4. The van der Waals surface area contributed by atoms with Gasteiger partial charge in [0.1, 0.15) is 17.7 Å². The van der Waals surface area contributed by atoms with E-state index in [4.69, 9.17) is 4.74 Å². The summed E-state index contributed by atoms with van der Waals surface area (Å²) in [6.07, 6.45) is 1.88. The number of halogens is 2. The van der Waals surface area contributed by atoms with E-state index in [-0.39, 0.29) is 42.5 Å². The van der Waals surface area contributed by atoms with Crippen molar-refractivity contribution >= 4 is 29.3 Å². The van der Waals surface area contributed by atoms with Gasteiger partial charge in [0, 0.05) is 19.7 Å². The van der Waals surface area contributed by atoms with Crippen LogP contribution < -0.4 is 15.9 Å². The van der Waals surface area contributed by atoms with Crippen LogP contribution in [0.2, 0.25) is 0 Å². The third-order valence-electron chi connectivity index (χ3n) is 5.18. The molecular weight excluding hydrogens is 398 g/mol. The lowest BCUT2D eigenvalue weighted by molar-refractivity contribution is -0.119. The largest absolute Gasteiger partial charge is 0.442 e. The number of carbonyl (C=O) groups is 2. The molecule has 0 unspecified atom stereocenters. The molecule has 1 aromatic heterocycles. The predicted molar refractivity (Wildman–Crippen MR) is 105 cm³/mol. The summed E-state index contributed by atoms with van der Waals surface area (Å²) in [7, 11) is 0. The number of fused-ring (bicyclic) bond motifs is 1. The van der Waals surface area contributed by atoms with E-state index in [2.05, 4.69) is 5.32 Å². The monoisotopic (exact) mass is 418 g/mol. The summed E-state index contributed by atoms with van der Waals surface area (Å²) in [5.41, 5.74) is 0.493. The van der Waals surface area contributed by atoms with E-state index in [0.717, 1.165) is 17.0 Å². The minimum absolute atomic E-state index is 0.0237. The molecule has 2 aliphatic heterocycles. The first-order chi connectivity index (χ1) is 14.3. The van der Waals surface area contributed by atoms with Crippen LogP contribution in [0.1, 0.15) is 25.1 Å². The average molecular weight is 418 g/mol. The Morgan fingerprint density at radius 3 is 2.57 bits per heavy atom. The first kappa shape index (κ1) is 19.9. The number of amides is 2. The zero-order valence-electron chi connectivity index (χ0n) is 16.4. The van der Waals surface area contributed by atoms with E-state index in [9.17, 15) is 23.2 Å². The number of carbonyl (C=O) groups excluding carboxylic acids is 2. The zero-order chi connectivity index (χ0) is 21.6. The van der Waals surface area contributed by atoms with E-state index in [1.807, 2.05) is 6.92 Å². The van der Waals surface area contributed by atoms with Crippen molar-refractivity contribution in [3.63, 3.8) is 0 Å². The Morgan fingerprint density at radius 1 is 1.27 bits per heavy atom. The minimum Gasteiger partial charge on any atom is -0.442 e. The Labute approximate surface area is 170 Å². The molecule has 1 aromatic carbocycles. The van der Waals surface area contributed by atoms with E-state index in [1.54, 1.807) is 12.3 Å². The minimum atomic E-state index is -0.837. The summed E-state index contributed by atoms with van der Waals surface area (Å²) in [5, 5.41) is 2.54. The maximum Gasteiger partial charge on any atom is 0.414 e. The Balaban J connectivity index is 1.58. The number of imidazole rings is 1. The number of aromatic nitrogens is 2. The standard InChI is InChI=1S/C20H20F2N4O4/c1-3-24-9-14-4-12(8-25(14)19(24)28)18-16(21)5-13(6-17(18)22)26-10-15(30-20(26)29)7-23-11(2)27/h4-6,9,15H,3,7-8,10H2,1-2H3,(H,23,27)/t15-/m0/s1. The molecule has 0 spiro atoms. The van der Waals surface area contributed by atoms with Gasteiger partial charge >= 0.3 is 11.8 Å². The van der Waals surface area contributed by atoms with Gasteiger partial charge in [0.05, 0.1) is 36.6 Å². The quantitative estimate of drug-likeness (QED) is 0.805. The number of nitrogens with one attached hydrogen (secondary N) is 1.